The fourth-order valence-electron chi connectivity index (χ4n) is 0.879. The van der Waals surface area contributed by atoms with Gasteiger partial charge in [-0.05, 0) is 0 Å². The van der Waals surface area contributed by atoms with Crippen LogP contribution in [-0.2, 0) is 20.0 Å². The van der Waals surface area contributed by atoms with Gasteiger partial charge in [-0.25, -0.2) is 16.8 Å². The molecule has 0 unspecified atom stereocenters. The van der Waals surface area contributed by atoms with Gasteiger partial charge in [-0.2, -0.15) is 0 Å². The molecule has 11 heteroatoms. The average Bonchev–Trinajstić information content (AvgIpc) is 2.16. The summed E-state index contributed by atoms with van der Waals surface area (Å²) in [5.74, 6) is -1.34. The van der Waals surface area contributed by atoms with Gasteiger partial charge in [0.2, 0.25) is 20.0 Å². The standard InChI is InChI=1S/C6H16N2O7S2/c9-2-1-8(17(14,15)6-4-11)7-16(12,13)5-3-10/h7,9-11H,1-6H2. The Morgan fingerprint density at radius 2 is 1.41 bits per heavy atom. The molecule has 104 valence electrons. The van der Waals surface area contributed by atoms with Gasteiger partial charge in [-0.1, -0.05) is 0 Å². The number of nitrogens with one attached hydrogen (secondary N) is 1. The van der Waals surface area contributed by atoms with Crippen molar-refractivity contribution in [2.45, 2.75) is 0 Å². The summed E-state index contributed by atoms with van der Waals surface area (Å²) < 4.78 is 45.8. The second-order valence-electron chi connectivity index (χ2n) is 2.97. The van der Waals surface area contributed by atoms with E-state index in [2.05, 4.69) is 0 Å². The molecule has 9 nitrogen and oxygen atoms in total. The zero-order valence-corrected chi connectivity index (χ0v) is 10.6. The summed E-state index contributed by atoms with van der Waals surface area (Å²) in [5.41, 5.74) is 0. The van der Waals surface area contributed by atoms with Crippen LogP contribution in [0.1, 0.15) is 0 Å². The second-order valence-corrected chi connectivity index (χ2v) is 6.80. The van der Waals surface area contributed by atoms with Crippen LogP contribution >= 0.6 is 0 Å². The van der Waals surface area contributed by atoms with Gasteiger partial charge in [0, 0.05) is 0 Å². The normalized spacial score (nSPS) is 13.2. The topological polar surface area (TPSA) is 144 Å². The average molecular weight is 292 g/mol. The Kier molecular flexibility index (Phi) is 7.08. The molecule has 0 rings (SSSR count). The molecule has 0 heterocycles. The van der Waals surface area contributed by atoms with E-state index in [4.69, 9.17) is 15.3 Å². The quantitative estimate of drug-likeness (QED) is 0.322. The fraction of sp³-hybridized carbons (Fsp3) is 1.00. The first-order valence-corrected chi connectivity index (χ1v) is 7.88. The van der Waals surface area contributed by atoms with E-state index in [0.717, 1.165) is 0 Å². The Labute approximate surface area is 99.7 Å². The minimum Gasteiger partial charge on any atom is -0.395 e. The van der Waals surface area contributed by atoms with Crippen molar-refractivity contribution >= 4 is 20.0 Å². The molecule has 0 saturated carbocycles. The van der Waals surface area contributed by atoms with Crippen LogP contribution in [0.15, 0.2) is 0 Å². The molecule has 0 atom stereocenters. The molecule has 0 amide bonds. The predicted octanol–water partition coefficient (Wildman–Crippen LogP) is -3.57. The molecule has 0 bridgehead atoms. The first-order valence-electron chi connectivity index (χ1n) is 4.62. The van der Waals surface area contributed by atoms with Crippen LogP contribution < -0.4 is 4.83 Å². The van der Waals surface area contributed by atoms with Gasteiger partial charge < -0.3 is 15.3 Å². The van der Waals surface area contributed by atoms with Crippen molar-refractivity contribution in [3.05, 3.63) is 0 Å². The largest absolute Gasteiger partial charge is 0.395 e. The molecular formula is C6H16N2O7S2. The first kappa shape index (κ1) is 16.7. The zero-order chi connectivity index (χ0) is 13.5. The van der Waals surface area contributed by atoms with Gasteiger partial charge in [-0.15, -0.1) is 9.25 Å². The summed E-state index contributed by atoms with van der Waals surface area (Å²) >= 11 is 0. The van der Waals surface area contributed by atoms with Gasteiger partial charge >= 0.3 is 0 Å². The maximum Gasteiger partial charge on any atom is 0.230 e. The van der Waals surface area contributed by atoms with Gasteiger partial charge in [0.05, 0.1) is 37.9 Å². The highest BCUT2D eigenvalue weighted by atomic mass is 32.2. The molecule has 0 aliphatic heterocycles. The number of aliphatic hydroxyl groups is 3. The third kappa shape index (κ3) is 6.26. The summed E-state index contributed by atoms with van der Waals surface area (Å²) in [6.45, 7) is -2.41. The predicted molar refractivity (Wildman–Crippen MR) is 58.7 cm³/mol. The monoisotopic (exact) mass is 292 g/mol. The van der Waals surface area contributed by atoms with Crippen LogP contribution in [0.4, 0.5) is 0 Å². The number of sulfonamides is 2. The third-order valence-corrected chi connectivity index (χ3v) is 4.57. The molecule has 0 aromatic heterocycles. The van der Waals surface area contributed by atoms with Gasteiger partial charge in [0.15, 0.2) is 0 Å². The lowest BCUT2D eigenvalue weighted by molar-refractivity contribution is 0.240. The SMILES string of the molecule is O=S(=O)(CCO)NN(CCO)S(=O)(=O)CCO. The number of hydrogen-bond donors (Lipinski definition) is 4. The first-order chi connectivity index (χ1) is 7.79. The van der Waals surface area contributed by atoms with E-state index in [-0.39, 0.29) is 0 Å². The fourth-order valence-corrected chi connectivity index (χ4v) is 3.22. The molecule has 0 aromatic rings. The van der Waals surface area contributed by atoms with E-state index >= 15 is 0 Å². The molecule has 0 aliphatic rings. The van der Waals surface area contributed by atoms with Crippen LogP contribution in [0, 0.1) is 0 Å². The van der Waals surface area contributed by atoms with E-state index in [0.29, 0.717) is 4.41 Å². The second kappa shape index (κ2) is 7.20. The van der Waals surface area contributed by atoms with Crippen molar-refractivity contribution in [1.82, 2.24) is 9.25 Å². The summed E-state index contributed by atoms with van der Waals surface area (Å²) in [5, 5.41) is 25.7. The molecule has 0 aliphatic carbocycles. The minimum atomic E-state index is -4.03. The molecule has 0 spiro atoms. The lowest BCUT2D eigenvalue weighted by Crippen LogP contribution is -2.49. The maximum atomic E-state index is 11.5. The number of hydrogen-bond acceptors (Lipinski definition) is 7. The molecular weight excluding hydrogens is 276 g/mol. The molecule has 17 heavy (non-hydrogen) atoms. The van der Waals surface area contributed by atoms with Gasteiger partial charge in [-0.3, -0.25) is 0 Å². The smallest absolute Gasteiger partial charge is 0.230 e. The van der Waals surface area contributed by atoms with E-state index < -0.39 is 57.9 Å². The Morgan fingerprint density at radius 3 is 1.82 bits per heavy atom. The highest BCUT2D eigenvalue weighted by Gasteiger charge is 2.25. The van der Waals surface area contributed by atoms with Crippen molar-refractivity contribution in [1.29, 1.82) is 0 Å². The van der Waals surface area contributed by atoms with Crippen molar-refractivity contribution in [2.24, 2.45) is 0 Å². The Bertz CT molecular complexity index is 404. The number of hydrazine groups is 1. The maximum absolute atomic E-state index is 11.5. The van der Waals surface area contributed by atoms with E-state index in [9.17, 15) is 16.8 Å². The highest BCUT2D eigenvalue weighted by molar-refractivity contribution is 7.92. The van der Waals surface area contributed by atoms with Crippen LogP contribution in [0.5, 0.6) is 0 Å². The van der Waals surface area contributed by atoms with Crippen LogP contribution in [0.25, 0.3) is 0 Å². The number of aliphatic hydroxyl groups excluding tert-OH is 3. The summed E-state index contributed by atoms with van der Waals surface area (Å²) in [7, 11) is -8.04. The van der Waals surface area contributed by atoms with Crippen molar-refractivity contribution in [2.75, 3.05) is 37.9 Å². The Balaban J connectivity index is 4.88. The van der Waals surface area contributed by atoms with Crippen molar-refractivity contribution in [3.63, 3.8) is 0 Å². The van der Waals surface area contributed by atoms with Crippen LogP contribution in [-0.4, -0.2) is 74.4 Å². The molecule has 0 radical (unpaired) electrons. The van der Waals surface area contributed by atoms with Crippen molar-refractivity contribution in [3.8, 4) is 0 Å². The van der Waals surface area contributed by atoms with Gasteiger partial charge in [0.1, 0.15) is 0 Å². The summed E-state index contributed by atoms with van der Waals surface area (Å²) in [4.78, 5) is 1.71. The van der Waals surface area contributed by atoms with Gasteiger partial charge in [0.25, 0.3) is 0 Å². The Hall–Kier alpha value is -0.300. The van der Waals surface area contributed by atoms with Crippen molar-refractivity contribution < 1.29 is 32.2 Å². The highest BCUT2D eigenvalue weighted by Crippen LogP contribution is 1.99. The third-order valence-electron chi connectivity index (χ3n) is 1.59. The van der Waals surface area contributed by atoms with Crippen LogP contribution in [0.2, 0.25) is 0 Å². The minimum absolute atomic E-state index is 0.328. The summed E-state index contributed by atoms with van der Waals surface area (Å²) in [6, 6.07) is 0. The molecule has 0 aromatic carbocycles. The number of nitrogens with zero attached hydrogens (tertiary/aromatic N) is 1. The van der Waals surface area contributed by atoms with Crippen LogP contribution in [0.3, 0.4) is 0 Å². The lowest BCUT2D eigenvalue weighted by atomic mass is 10.7. The lowest BCUT2D eigenvalue weighted by Gasteiger charge is -2.21. The molecule has 4 N–H and O–H groups in total. The molecule has 0 fully saturated rings. The van der Waals surface area contributed by atoms with E-state index in [1.165, 1.54) is 0 Å². The Morgan fingerprint density at radius 1 is 0.882 bits per heavy atom. The zero-order valence-electron chi connectivity index (χ0n) is 8.98. The van der Waals surface area contributed by atoms with E-state index in [1.54, 1.807) is 4.83 Å². The van der Waals surface area contributed by atoms with E-state index in [1.807, 2.05) is 0 Å². The number of rotatable bonds is 9. The molecule has 0 saturated heterocycles. The summed E-state index contributed by atoms with van der Waals surface area (Å²) in [6.07, 6.45) is 0.